The summed E-state index contributed by atoms with van der Waals surface area (Å²) >= 11 is 0. The molecule has 0 saturated carbocycles. The van der Waals surface area contributed by atoms with Gasteiger partial charge in [0.2, 0.25) is 0 Å². The van der Waals surface area contributed by atoms with E-state index in [2.05, 4.69) is 0 Å². The van der Waals surface area contributed by atoms with Crippen molar-refractivity contribution in [1.29, 1.82) is 0 Å². The third-order valence-electron chi connectivity index (χ3n) is 6.71. The molecule has 3 aromatic rings. The van der Waals surface area contributed by atoms with E-state index in [0.717, 1.165) is 12.1 Å². The minimum Gasteiger partial charge on any atom is -0.508 e. The van der Waals surface area contributed by atoms with Crippen LogP contribution in [0.5, 0.6) is 11.5 Å². The van der Waals surface area contributed by atoms with Crippen LogP contribution in [0.2, 0.25) is 0 Å². The zero-order valence-corrected chi connectivity index (χ0v) is 25.3. The molecule has 3 rings (SSSR count). The Bertz CT molecular complexity index is 1440. The van der Waals surface area contributed by atoms with Gasteiger partial charge in [0.05, 0.1) is 23.8 Å². The molecule has 0 aromatic heterocycles. The van der Waals surface area contributed by atoms with Crippen LogP contribution in [0.3, 0.4) is 0 Å². The van der Waals surface area contributed by atoms with Crippen molar-refractivity contribution in [1.82, 2.24) is 0 Å². The Labute approximate surface area is 254 Å². The zero-order chi connectivity index (χ0) is 34.5. The molecule has 0 unspecified atom stereocenters. The van der Waals surface area contributed by atoms with Crippen LogP contribution >= 0.6 is 0 Å². The number of aromatic hydroxyl groups is 1. The SMILES string of the molecule is CCC(=O)O[C@H](c1cc(C(F)(F)F)cc(C(F)(F)F)c1)C(C)C.CCc1cc(C(F)(F)F)ccc1-c1cc(O)c(C)cc1OC. The molecule has 1 atom stereocenters. The van der Waals surface area contributed by atoms with E-state index in [0.29, 0.717) is 46.6 Å². The van der Waals surface area contributed by atoms with E-state index in [1.165, 1.54) is 26.2 Å². The summed E-state index contributed by atoms with van der Waals surface area (Å²) in [5.41, 5.74) is -1.46. The molecule has 13 heteroatoms. The van der Waals surface area contributed by atoms with Gasteiger partial charge in [0.25, 0.3) is 0 Å². The lowest BCUT2D eigenvalue weighted by molar-refractivity contribution is -0.151. The second-order valence-corrected chi connectivity index (χ2v) is 10.4. The van der Waals surface area contributed by atoms with Crippen molar-refractivity contribution >= 4 is 5.97 Å². The Morgan fingerprint density at radius 2 is 1.31 bits per heavy atom. The van der Waals surface area contributed by atoms with Crippen LogP contribution in [0.4, 0.5) is 39.5 Å². The highest BCUT2D eigenvalue weighted by Crippen LogP contribution is 2.41. The first-order chi connectivity index (χ1) is 20.6. The van der Waals surface area contributed by atoms with Crippen molar-refractivity contribution in [3.63, 3.8) is 0 Å². The van der Waals surface area contributed by atoms with Crippen molar-refractivity contribution in [3.05, 3.63) is 81.9 Å². The number of halogens is 9. The first-order valence-electron chi connectivity index (χ1n) is 13.7. The van der Waals surface area contributed by atoms with E-state index in [1.807, 2.05) is 0 Å². The number of alkyl halides is 9. The summed E-state index contributed by atoms with van der Waals surface area (Å²) in [5, 5.41) is 9.89. The van der Waals surface area contributed by atoms with Gasteiger partial charge in [0, 0.05) is 12.0 Å². The Morgan fingerprint density at radius 3 is 1.73 bits per heavy atom. The Kier molecular flexibility index (Phi) is 12.0. The van der Waals surface area contributed by atoms with Crippen molar-refractivity contribution in [3.8, 4) is 22.6 Å². The maximum absolute atomic E-state index is 12.9. The molecule has 0 aliphatic heterocycles. The lowest BCUT2D eigenvalue weighted by Crippen LogP contribution is -2.18. The number of carbonyl (C=O) groups excluding carboxylic acids is 1. The predicted molar refractivity (Wildman–Crippen MR) is 150 cm³/mol. The van der Waals surface area contributed by atoms with E-state index < -0.39 is 53.2 Å². The molecule has 1 N–H and O–H groups in total. The Balaban J connectivity index is 0.000000314. The Morgan fingerprint density at radius 1 is 0.778 bits per heavy atom. The standard InChI is InChI=1S/C17H17F3O2.C15H16F6O2/c1-4-11-8-12(17(18,19)20)5-6-13(11)14-9-15(21)10(2)7-16(14)22-3;1-4-12(22)23-13(8(2)3)9-5-10(14(16,17)18)7-11(6-9)15(19,20)21/h5-9,21H,4H2,1-3H3;5-8,13H,4H2,1-3H3/t;13-/m.0/s1. The smallest absolute Gasteiger partial charge is 0.416 e. The van der Waals surface area contributed by atoms with Gasteiger partial charge in [-0.05, 0) is 84.0 Å². The minimum absolute atomic E-state index is 0.0334. The monoisotopic (exact) mass is 652 g/mol. The summed E-state index contributed by atoms with van der Waals surface area (Å²) in [6.07, 6.45) is -15.0. The van der Waals surface area contributed by atoms with Crippen LogP contribution in [0.25, 0.3) is 11.1 Å². The van der Waals surface area contributed by atoms with E-state index >= 15 is 0 Å². The van der Waals surface area contributed by atoms with E-state index in [1.54, 1.807) is 33.8 Å². The van der Waals surface area contributed by atoms with E-state index in [-0.39, 0.29) is 23.8 Å². The molecule has 248 valence electrons. The van der Waals surface area contributed by atoms with Gasteiger partial charge >= 0.3 is 24.5 Å². The average molecular weight is 653 g/mol. The molecule has 45 heavy (non-hydrogen) atoms. The number of benzene rings is 3. The maximum Gasteiger partial charge on any atom is 0.416 e. The third kappa shape index (κ3) is 9.79. The summed E-state index contributed by atoms with van der Waals surface area (Å²) in [6, 6.07) is 8.02. The molecule has 0 fully saturated rings. The average Bonchev–Trinajstić information content (AvgIpc) is 2.95. The molecule has 0 radical (unpaired) electrons. The summed E-state index contributed by atoms with van der Waals surface area (Å²) < 4.78 is 126. The van der Waals surface area contributed by atoms with Gasteiger partial charge in [0.15, 0.2) is 0 Å². The number of methoxy groups -OCH3 is 1. The van der Waals surface area contributed by atoms with Crippen LogP contribution in [0.1, 0.15) is 73.6 Å². The number of carbonyl (C=O) groups is 1. The minimum atomic E-state index is -4.94. The molecular formula is C32H33F9O4. The zero-order valence-electron chi connectivity index (χ0n) is 25.3. The molecule has 0 heterocycles. The van der Waals surface area contributed by atoms with Crippen molar-refractivity contribution in [2.45, 2.75) is 72.1 Å². The molecule has 0 amide bonds. The van der Waals surface area contributed by atoms with Crippen LogP contribution < -0.4 is 4.74 Å². The fraction of sp³-hybridized carbons (Fsp3) is 0.406. The van der Waals surface area contributed by atoms with Crippen LogP contribution in [-0.2, 0) is 34.5 Å². The fourth-order valence-corrected chi connectivity index (χ4v) is 4.33. The second kappa shape index (κ2) is 14.5. The number of rotatable bonds is 7. The molecule has 0 bridgehead atoms. The lowest BCUT2D eigenvalue weighted by Gasteiger charge is -2.24. The predicted octanol–water partition coefficient (Wildman–Crippen LogP) is 10.3. The van der Waals surface area contributed by atoms with Gasteiger partial charge in [-0.1, -0.05) is 33.8 Å². The number of phenols is 1. The molecule has 0 saturated heterocycles. The van der Waals surface area contributed by atoms with Crippen molar-refractivity contribution in [2.24, 2.45) is 5.92 Å². The number of phenolic OH excluding ortho intramolecular Hbond substituents is 1. The molecule has 0 spiro atoms. The maximum atomic E-state index is 12.9. The third-order valence-corrected chi connectivity index (χ3v) is 6.71. The first-order valence-corrected chi connectivity index (χ1v) is 13.7. The summed E-state index contributed by atoms with van der Waals surface area (Å²) in [5.74, 6) is -0.591. The van der Waals surface area contributed by atoms with E-state index in [9.17, 15) is 49.4 Å². The van der Waals surface area contributed by atoms with Gasteiger partial charge in [0.1, 0.15) is 17.6 Å². The fourth-order valence-electron chi connectivity index (χ4n) is 4.33. The normalized spacial score (nSPS) is 12.8. The second-order valence-electron chi connectivity index (χ2n) is 10.4. The van der Waals surface area contributed by atoms with E-state index in [4.69, 9.17) is 9.47 Å². The molecular weight excluding hydrogens is 619 g/mol. The highest BCUT2D eigenvalue weighted by Gasteiger charge is 2.38. The van der Waals surface area contributed by atoms with Crippen LogP contribution in [0, 0.1) is 12.8 Å². The quantitative estimate of drug-likeness (QED) is 0.204. The summed E-state index contributed by atoms with van der Waals surface area (Å²) in [4.78, 5) is 11.4. The highest BCUT2D eigenvalue weighted by molar-refractivity contribution is 5.76. The molecule has 4 nitrogen and oxygen atoms in total. The van der Waals surface area contributed by atoms with Crippen molar-refractivity contribution < 1.29 is 58.9 Å². The number of ether oxygens (including phenoxy) is 2. The number of hydrogen-bond donors (Lipinski definition) is 1. The van der Waals surface area contributed by atoms with Gasteiger partial charge in [-0.25, -0.2) is 0 Å². The largest absolute Gasteiger partial charge is 0.508 e. The topological polar surface area (TPSA) is 55.8 Å². The first kappa shape index (κ1) is 37.3. The molecule has 0 aliphatic rings. The lowest BCUT2D eigenvalue weighted by atomic mass is 9.94. The van der Waals surface area contributed by atoms with Crippen LogP contribution in [0.15, 0.2) is 48.5 Å². The molecule has 3 aromatic carbocycles. The molecule has 0 aliphatic carbocycles. The van der Waals surface area contributed by atoms with Gasteiger partial charge in [-0.2, -0.15) is 39.5 Å². The Hall–Kier alpha value is -3.90. The van der Waals surface area contributed by atoms with Crippen LogP contribution in [-0.4, -0.2) is 18.2 Å². The van der Waals surface area contributed by atoms with Gasteiger partial charge in [-0.15, -0.1) is 0 Å². The van der Waals surface area contributed by atoms with Gasteiger partial charge < -0.3 is 14.6 Å². The number of esters is 1. The number of hydrogen-bond acceptors (Lipinski definition) is 4. The number of aryl methyl sites for hydroxylation is 2. The summed E-state index contributed by atoms with van der Waals surface area (Å²) in [7, 11) is 1.49. The van der Waals surface area contributed by atoms with Crippen molar-refractivity contribution in [2.75, 3.05) is 7.11 Å². The van der Waals surface area contributed by atoms with Gasteiger partial charge in [-0.3, -0.25) is 4.79 Å². The summed E-state index contributed by atoms with van der Waals surface area (Å²) in [6.45, 7) is 8.09. The highest BCUT2D eigenvalue weighted by atomic mass is 19.4.